The van der Waals surface area contributed by atoms with E-state index in [0.717, 1.165) is 10.8 Å². The van der Waals surface area contributed by atoms with Crippen LogP contribution in [0.4, 0.5) is 11.4 Å². The summed E-state index contributed by atoms with van der Waals surface area (Å²) in [6, 6.07) is 23.0. The summed E-state index contributed by atoms with van der Waals surface area (Å²) in [5.41, 5.74) is 7.07. The number of fused-ring (bicyclic) bond motifs is 1. The highest BCUT2D eigenvalue weighted by Gasteiger charge is 2.21. The van der Waals surface area contributed by atoms with Gasteiger partial charge < -0.3 is 5.21 Å². The number of benzene rings is 3. The third-order valence-corrected chi connectivity index (χ3v) is 3.58. The van der Waals surface area contributed by atoms with Gasteiger partial charge in [-0.3, -0.25) is 10.4 Å². The van der Waals surface area contributed by atoms with Crippen molar-refractivity contribution in [1.29, 1.82) is 0 Å². The first kappa shape index (κ1) is 12.8. The lowest BCUT2D eigenvalue weighted by Gasteiger charge is -2.40. The molecule has 1 unspecified atom stereocenters. The monoisotopic (exact) mass is 264 g/mol. The standard InChI is InChI=1S/C17H16N2O/c18-13-19(20,16-8-2-1-3-9-16)17-11-10-14-6-4-5-7-15(14)12-17/h1-12H,13,18H2. The van der Waals surface area contributed by atoms with Crippen molar-refractivity contribution < 1.29 is 0 Å². The Bertz CT molecular complexity index is 727. The van der Waals surface area contributed by atoms with Gasteiger partial charge in [-0.1, -0.05) is 42.5 Å². The van der Waals surface area contributed by atoms with E-state index in [1.807, 2.05) is 72.8 Å². The molecule has 0 spiro atoms. The Labute approximate surface area is 118 Å². The van der Waals surface area contributed by atoms with Gasteiger partial charge in [-0.25, -0.2) is 0 Å². The summed E-state index contributed by atoms with van der Waals surface area (Å²) in [5.74, 6) is 0. The Morgan fingerprint density at radius 1 is 0.750 bits per heavy atom. The van der Waals surface area contributed by atoms with E-state index in [9.17, 15) is 5.21 Å². The van der Waals surface area contributed by atoms with E-state index in [1.54, 1.807) is 0 Å². The fourth-order valence-electron chi connectivity index (χ4n) is 2.43. The third-order valence-electron chi connectivity index (χ3n) is 3.58. The van der Waals surface area contributed by atoms with Crippen molar-refractivity contribution in [2.45, 2.75) is 0 Å². The number of nitrogens with zero attached hydrogens (tertiary/aromatic N) is 1. The number of rotatable bonds is 3. The number of hydrogen-bond donors (Lipinski definition) is 1. The molecule has 0 amide bonds. The summed E-state index contributed by atoms with van der Waals surface area (Å²) in [5, 5.41) is 15.3. The Kier molecular flexibility index (Phi) is 3.24. The molecule has 3 rings (SSSR count). The summed E-state index contributed by atoms with van der Waals surface area (Å²) in [6.07, 6.45) is 0. The van der Waals surface area contributed by atoms with Crippen molar-refractivity contribution in [3.63, 3.8) is 0 Å². The smallest absolute Gasteiger partial charge is 0.139 e. The number of para-hydroxylation sites is 1. The topological polar surface area (TPSA) is 49.1 Å². The Balaban J connectivity index is 2.16. The van der Waals surface area contributed by atoms with Crippen LogP contribution in [0.15, 0.2) is 72.8 Å². The molecule has 0 fully saturated rings. The second-order valence-electron chi connectivity index (χ2n) is 4.79. The lowest BCUT2D eigenvalue weighted by atomic mass is 10.1. The van der Waals surface area contributed by atoms with Gasteiger partial charge in [-0.05, 0) is 29.0 Å². The van der Waals surface area contributed by atoms with Crippen LogP contribution in [0.5, 0.6) is 0 Å². The largest absolute Gasteiger partial charge is 0.621 e. The van der Waals surface area contributed by atoms with E-state index in [-0.39, 0.29) is 6.67 Å². The average Bonchev–Trinajstić information content (AvgIpc) is 2.54. The van der Waals surface area contributed by atoms with Crippen LogP contribution in [0.1, 0.15) is 0 Å². The molecule has 0 aliphatic heterocycles. The molecular formula is C17H16N2O. The predicted octanol–water partition coefficient (Wildman–Crippen LogP) is 3.89. The highest BCUT2D eigenvalue weighted by Crippen LogP contribution is 2.34. The van der Waals surface area contributed by atoms with Gasteiger partial charge in [-0.2, -0.15) is 0 Å². The van der Waals surface area contributed by atoms with Gasteiger partial charge in [-0.15, -0.1) is 0 Å². The first-order valence-electron chi connectivity index (χ1n) is 6.58. The number of quaternary nitrogens is 1. The molecule has 0 radical (unpaired) electrons. The van der Waals surface area contributed by atoms with E-state index >= 15 is 0 Å². The van der Waals surface area contributed by atoms with Crippen LogP contribution in [-0.4, -0.2) is 6.67 Å². The van der Waals surface area contributed by atoms with Crippen LogP contribution in [-0.2, 0) is 0 Å². The summed E-state index contributed by atoms with van der Waals surface area (Å²) >= 11 is 0. The molecule has 0 aromatic heterocycles. The van der Waals surface area contributed by atoms with Crippen LogP contribution in [0, 0.1) is 5.21 Å². The first-order chi connectivity index (χ1) is 9.74. The van der Waals surface area contributed by atoms with E-state index in [1.165, 1.54) is 0 Å². The molecule has 0 saturated heterocycles. The Hall–Kier alpha value is -2.20. The fourth-order valence-corrected chi connectivity index (χ4v) is 2.43. The Morgan fingerprint density at radius 2 is 1.40 bits per heavy atom. The lowest BCUT2D eigenvalue weighted by Crippen LogP contribution is -2.42. The van der Waals surface area contributed by atoms with Crippen LogP contribution < -0.4 is 10.4 Å². The Morgan fingerprint density at radius 3 is 2.10 bits per heavy atom. The normalized spacial score (nSPS) is 14.1. The van der Waals surface area contributed by atoms with Gasteiger partial charge in [0.1, 0.15) is 18.0 Å². The van der Waals surface area contributed by atoms with Crippen molar-refractivity contribution in [2.24, 2.45) is 5.73 Å². The molecule has 0 aliphatic rings. The van der Waals surface area contributed by atoms with E-state index < -0.39 is 4.65 Å². The SMILES string of the molecule is NC[N+]([O-])(c1ccccc1)c1ccc2ccccc2c1. The molecule has 20 heavy (non-hydrogen) atoms. The quantitative estimate of drug-likeness (QED) is 0.443. The maximum absolute atomic E-state index is 13.1. The molecule has 0 saturated carbocycles. The van der Waals surface area contributed by atoms with E-state index in [0.29, 0.717) is 11.4 Å². The zero-order valence-electron chi connectivity index (χ0n) is 11.1. The third kappa shape index (κ3) is 2.08. The van der Waals surface area contributed by atoms with Crippen molar-refractivity contribution >= 4 is 22.1 Å². The van der Waals surface area contributed by atoms with Gasteiger partial charge in [0.25, 0.3) is 0 Å². The lowest BCUT2D eigenvalue weighted by molar-refractivity contribution is 0.521. The maximum Gasteiger partial charge on any atom is 0.139 e. The highest BCUT2D eigenvalue weighted by molar-refractivity contribution is 5.86. The number of hydroxylamine groups is 1. The molecule has 1 atom stereocenters. The van der Waals surface area contributed by atoms with Crippen LogP contribution >= 0.6 is 0 Å². The molecule has 0 heterocycles. The van der Waals surface area contributed by atoms with Gasteiger partial charge in [0.15, 0.2) is 0 Å². The minimum atomic E-state index is -0.647. The predicted molar refractivity (Wildman–Crippen MR) is 84.3 cm³/mol. The number of nitrogens with two attached hydrogens (primary N) is 1. The molecule has 0 aliphatic carbocycles. The summed E-state index contributed by atoms with van der Waals surface area (Å²) in [7, 11) is 0. The second kappa shape index (κ2) is 5.06. The van der Waals surface area contributed by atoms with Gasteiger partial charge in [0, 0.05) is 12.1 Å². The fraction of sp³-hybridized carbons (Fsp3) is 0.0588. The van der Waals surface area contributed by atoms with Crippen LogP contribution in [0.2, 0.25) is 0 Å². The van der Waals surface area contributed by atoms with Crippen LogP contribution in [0.3, 0.4) is 0 Å². The van der Waals surface area contributed by atoms with Gasteiger partial charge in [0.2, 0.25) is 0 Å². The molecule has 3 aromatic carbocycles. The molecule has 0 bridgehead atoms. The molecule has 100 valence electrons. The molecule has 2 N–H and O–H groups in total. The second-order valence-corrected chi connectivity index (χ2v) is 4.79. The highest BCUT2D eigenvalue weighted by atomic mass is 16.5. The van der Waals surface area contributed by atoms with Crippen molar-refractivity contribution in [2.75, 3.05) is 6.67 Å². The minimum absolute atomic E-state index is 0.0254. The summed E-state index contributed by atoms with van der Waals surface area (Å²) in [6.45, 7) is -0.0254. The zero-order valence-corrected chi connectivity index (χ0v) is 11.1. The van der Waals surface area contributed by atoms with Gasteiger partial charge in [0.05, 0.1) is 0 Å². The van der Waals surface area contributed by atoms with Crippen molar-refractivity contribution in [3.05, 3.63) is 78.0 Å². The molecular weight excluding hydrogens is 248 g/mol. The van der Waals surface area contributed by atoms with Crippen LogP contribution in [0.25, 0.3) is 10.8 Å². The molecule has 3 heteroatoms. The van der Waals surface area contributed by atoms with Crippen molar-refractivity contribution in [1.82, 2.24) is 4.65 Å². The maximum atomic E-state index is 13.1. The summed E-state index contributed by atoms with van der Waals surface area (Å²) < 4.78 is -0.647. The molecule has 3 aromatic rings. The van der Waals surface area contributed by atoms with E-state index in [4.69, 9.17) is 5.73 Å². The van der Waals surface area contributed by atoms with E-state index in [2.05, 4.69) is 0 Å². The van der Waals surface area contributed by atoms with Gasteiger partial charge >= 0.3 is 0 Å². The number of hydrogen-bond acceptors (Lipinski definition) is 2. The zero-order chi connectivity index (χ0) is 14.0. The minimum Gasteiger partial charge on any atom is -0.621 e. The molecule has 3 nitrogen and oxygen atoms in total. The van der Waals surface area contributed by atoms with Crippen molar-refractivity contribution in [3.8, 4) is 0 Å². The average molecular weight is 264 g/mol. The summed E-state index contributed by atoms with van der Waals surface area (Å²) in [4.78, 5) is 0. The first-order valence-corrected chi connectivity index (χ1v) is 6.58.